The summed E-state index contributed by atoms with van der Waals surface area (Å²) in [4.78, 5) is 0. The number of aryl methyl sites for hydroxylation is 1. The van der Waals surface area contributed by atoms with Crippen LogP contribution in [0.5, 0.6) is 0 Å². The predicted octanol–water partition coefficient (Wildman–Crippen LogP) is 7.55. The standard InChI is InChI=1S/C23H15F6N/c1-30-19-5-3-2-4-18(19)20(14-6-10-16(11-7-14)22(24,25)26)21(30)15-8-12-17(13-9-15)23(27,28)29/h2-13H,1H3. The molecule has 1 aromatic heterocycles. The largest absolute Gasteiger partial charge is 0.416 e. The van der Waals surface area contributed by atoms with Gasteiger partial charge in [0.15, 0.2) is 0 Å². The van der Waals surface area contributed by atoms with E-state index in [0.717, 1.165) is 35.2 Å². The van der Waals surface area contributed by atoms with Crippen molar-refractivity contribution in [3.63, 3.8) is 0 Å². The van der Waals surface area contributed by atoms with Crippen LogP contribution in [0.25, 0.3) is 33.3 Å². The average Bonchev–Trinajstić information content (AvgIpc) is 3.00. The summed E-state index contributed by atoms with van der Waals surface area (Å²) in [6.07, 6.45) is -8.90. The highest BCUT2D eigenvalue weighted by atomic mass is 19.4. The van der Waals surface area contributed by atoms with Gasteiger partial charge >= 0.3 is 12.4 Å². The van der Waals surface area contributed by atoms with Crippen molar-refractivity contribution in [1.29, 1.82) is 0 Å². The molecule has 4 aromatic rings. The lowest BCUT2D eigenvalue weighted by Crippen LogP contribution is -2.04. The molecule has 0 radical (unpaired) electrons. The third-order valence-electron chi connectivity index (χ3n) is 5.09. The molecule has 3 aromatic carbocycles. The fraction of sp³-hybridized carbons (Fsp3) is 0.130. The zero-order chi connectivity index (χ0) is 21.7. The molecule has 0 unspecified atom stereocenters. The highest BCUT2D eigenvalue weighted by Gasteiger charge is 2.31. The molecule has 1 heterocycles. The first-order valence-corrected chi connectivity index (χ1v) is 9.00. The maximum Gasteiger partial charge on any atom is 0.416 e. The number of rotatable bonds is 2. The van der Waals surface area contributed by atoms with Gasteiger partial charge in [-0.1, -0.05) is 42.5 Å². The Hall–Kier alpha value is -3.22. The predicted molar refractivity (Wildman–Crippen MR) is 104 cm³/mol. The van der Waals surface area contributed by atoms with Gasteiger partial charge in [-0.25, -0.2) is 0 Å². The number of fused-ring (bicyclic) bond motifs is 1. The molecule has 0 aliphatic heterocycles. The first kappa shape index (κ1) is 20.1. The third-order valence-corrected chi connectivity index (χ3v) is 5.09. The summed E-state index contributed by atoms with van der Waals surface area (Å²) in [5.74, 6) is 0. The Morgan fingerprint density at radius 2 is 1.07 bits per heavy atom. The lowest BCUT2D eigenvalue weighted by Gasteiger charge is -2.12. The number of hydrogen-bond acceptors (Lipinski definition) is 0. The van der Waals surface area contributed by atoms with Crippen molar-refractivity contribution in [3.8, 4) is 22.4 Å². The minimum atomic E-state index is -4.45. The highest BCUT2D eigenvalue weighted by molar-refractivity contribution is 6.04. The number of benzene rings is 3. The van der Waals surface area contributed by atoms with Crippen LogP contribution in [0.1, 0.15) is 11.1 Å². The van der Waals surface area contributed by atoms with Crippen molar-refractivity contribution in [2.45, 2.75) is 12.4 Å². The zero-order valence-corrected chi connectivity index (χ0v) is 15.6. The molecule has 0 bridgehead atoms. The van der Waals surface area contributed by atoms with Crippen LogP contribution in [0, 0.1) is 0 Å². The number of hydrogen-bond donors (Lipinski definition) is 0. The fourth-order valence-electron chi connectivity index (χ4n) is 3.67. The number of para-hydroxylation sites is 1. The van der Waals surface area contributed by atoms with Gasteiger partial charge < -0.3 is 4.57 Å². The van der Waals surface area contributed by atoms with Gasteiger partial charge in [0.2, 0.25) is 0 Å². The van der Waals surface area contributed by atoms with Crippen molar-refractivity contribution < 1.29 is 26.3 Å². The van der Waals surface area contributed by atoms with Crippen LogP contribution in [0.2, 0.25) is 0 Å². The van der Waals surface area contributed by atoms with Crippen LogP contribution < -0.4 is 0 Å². The van der Waals surface area contributed by atoms with E-state index < -0.39 is 23.5 Å². The van der Waals surface area contributed by atoms with E-state index in [2.05, 4.69) is 0 Å². The molecule has 0 fully saturated rings. The number of aromatic nitrogens is 1. The van der Waals surface area contributed by atoms with Gasteiger partial charge in [0.05, 0.1) is 16.8 Å². The summed E-state index contributed by atoms with van der Waals surface area (Å²) in [5, 5.41) is 0.801. The van der Waals surface area contributed by atoms with E-state index >= 15 is 0 Å². The van der Waals surface area contributed by atoms with Gasteiger partial charge in [0.1, 0.15) is 0 Å². The van der Waals surface area contributed by atoms with Crippen LogP contribution in [-0.4, -0.2) is 4.57 Å². The van der Waals surface area contributed by atoms with Gasteiger partial charge in [-0.2, -0.15) is 26.3 Å². The molecule has 0 atom stereocenters. The summed E-state index contributed by atoms with van der Waals surface area (Å²) in [5.41, 5.74) is 1.68. The molecule has 0 aliphatic carbocycles. The van der Waals surface area contributed by atoms with Crippen molar-refractivity contribution in [2.75, 3.05) is 0 Å². The Morgan fingerprint density at radius 3 is 1.57 bits per heavy atom. The molecule has 0 aliphatic rings. The molecule has 30 heavy (non-hydrogen) atoms. The summed E-state index contributed by atoms with van der Waals surface area (Å²) < 4.78 is 79.6. The SMILES string of the molecule is Cn1c(-c2ccc(C(F)(F)F)cc2)c(-c2ccc(C(F)(F)F)cc2)c2ccccc21. The van der Waals surface area contributed by atoms with E-state index in [1.807, 2.05) is 28.8 Å². The molecule has 4 rings (SSSR count). The fourth-order valence-corrected chi connectivity index (χ4v) is 3.67. The molecular weight excluding hydrogens is 404 g/mol. The van der Waals surface area contributed by atoms with E-state index in [-0.39, 0.29) is 0 Å². The molecule has 7 heteroatoms. The lowest BCUT2D eigenvalue weighted by molar-refractivity contribution is -0.138. The van der Waals surface area contributed by atoms with E-state index in [4.69, 9.17) is 0 Å². The third kappa shape index (κ3) is 3.44. The van der Waals surface area contributed by atoms with E-state index in [0.29, 0.717) is 22.4 Å². The Kier molecular flexibility index (Phi) is 4.64. The van der Waals surface area contributed by atoms with Crippen molar-refractivity contribution in [1.82, 2.24) is 4.57 Å². The second-order valence-electron chi connectivity index (χ2n) is 6.95. The van der Waals surface area contributed by atoms with Crippen molar-refractivity contribution in [2.24, 2.45) is 7.05 Å². The van der Waals surface area contributed by atoms with Crippen LogP contribution >= 0.6 is 0 Å². The van der Waals surface area contributed by atoms with Gasteiger partial charge in [0.25, 0.3) is 0 Å². The van der Waals surface area contributed by atoms with E-state index in [9.17, 15) is 26.3 Å². The summed E-state index contributed by atoms with van der Waals surface area (Å²) in [6.45, 7) is 0. The maximum atomic E-state index is 13.0. The molecule has 0 spiro atoms. The molecule has 154 valence electrons. The maximum absolute atomic E-state index is 13.0. The number of nitrogens with zero attached hydrogens (tertiary/aromatic N) is 1. The molecule has 0 saturated heterocycles. The Labute approximate surface area is 168 Å². The first-order chi connectivity index (χ1) is 14.1. The highest BCUT2D eigenvalue weighted by Crippen LogP contribution is 2.42. The summed E-state index contributed by atoms with van der Waals surface area (Å²) in [7, 11) is 1.78. The summed E-state index contributed by atoms with van der Waals surface area (Å²) in [6, 6.07) is 16.9. The smallest absolute Gasteiger partial charge is 0.343 e. The number of alkyl halides is 6. The van der Waals surface area contributed by atoms with Gasteiger partial charge in [0, 0.05) is 23.5 Å². The van der Waals surface area contributed by atoms with Crippen molar-refractivity contribution >= 4 is 10.9 Å². The summed E-state index contributed by atoms with van der Waals surface area (Å²) >= 11 is 0. The number of halogens is 6. The quantitative estimate of drug-likeness (QED) is 0.296. The average molecular weight is 419 g/mol. The molecule has 0 N–H and O–H groups in total. The second kappa shape index (κ2) is 6.93. The van der Waals surface area contributed by atoms with Gasteiger partial charge in [-0.3, -0.25) is 0 Å². The molecular formula is C23H15F6N. The van der Waals surface area contributed by atoms with Crippen LogP contribution in [0.3, 0.4) is 0 Å². The lowest BCUT2D eigenvalue weighted by atomic mass is 9.97. The second-order valence-corrected chi connectivity index (χ2v) is 6.95. The minimum absolute atomic E-state index is 0.539. The molecule has 0 saturated carbocycles. The minimum Gasteiger partial charge on any atom is -0.343 e. The van der Waals surface area contributed by atoms with Crippen LogP contribution in [0.4, 0.5) is 26.3 Å². The Bertz CT molecular complexity index is 1200. The van der Waals surface area contributed by atoms with Gasteiger partial charge in [-0.05, 0) is 41.5 Å². The van der Waals surface area contributed by atoms with E-state index in [1.54, 1.807) is 7.05 Å². The monoisotopic (exact) mass is 419 g/mol. The van der Waals surface area contributed by atoms with E-state index in [1.165, 1.54) is 24.3 Å². The van der Waals surface area contributed by atoms with Crippen LogP contribution in [-0.2, 0) is 19.4 Å². The van der Waals surface area contributed by atoms with Gasteiger partial charge in [-0.15, -0.1) is 0 Å². The molecule has 0 amide bonds. The topological polar surface area (TPSA) is 4.93 Å². The first-order valence-electron chi connectivity index (χ1n) is 9.00. The zero-order valence-electron chi connectivity index (χ0n) is 15.6. The normalized spacial score (nSPS) is 12.5. The Morgan fingerprint density at radius 1 is 0.600 bits per heavy atom. The van der Waals surface area contributed by atoms with Crippen molar-refractivity contribution in [3.05, 3.63) is 83.9 Å². The van der Waals surface area contributed by atoms with Crippen LogP contribution in [0.15, 0.2) is 72.8 Å². The molecule has 1 nitrogen and oxygen atoms in total. The Balaban J connectivity index is 1.94.